The molecule has 0 saturated heterocycles. The van der Waals surface area contributed by atoms with E-state index in [2.05, 4.69) is 28.6 Å². The second kappa shape index (κ2) is 13.5. The van der Waals surface area contributed by atoms with Gasteiger partial charge in [0.2, 0.25) is 17.7 Å². The maximum atomic E-state index is 12.9. The summed E-state index contributed by atoms with van der Waals surface area (Å²) in [7, 11) is 0. The number of carboxylic acids is 1. The van der Waals surface area contributed by atoms with E-state index < -0.39 is 47.9 Å². The van der Waals surface area contributed by atoms with Crippen molar-refractivity contribution >= 4 is 36.3 Å². The van der Waals surface area contributed by atoms with Crippen LogP contribution in [-0.2, 0) is 19.2 Å². The monoisotopic (exact) mass is 446 g/mol. The number of rotatable bonds is 13. The molecule has 4 unspecified atom stereocenters. The summed E-state index contributed by atoms with van der Waals surface area (Å²) in [5, 5.41) is 16.9. The molecule has 0 spiro atoms. The minimum Gasteiger partial charge on any atom is -0.480 e. The summed E-state index contributed by atoms with van der Waals surface area (Å²) in [4.78, 5) is 49.1. The number of nitrogens with one attached hydrogen (secondary N) is 3. The summed E-state index contributed by atoms with van der Waals surface area (Å²) >= 11 is 3.94. The van der Waals surface area contributed by atoms with Gasteiger partial charge in [0, 0.05) is 5.75 Å². The number of hydrogen-bond acceptors (Lipinski definition) is 6. The summed E-state index contributed by atoms with van der Waals surface area (Å²) in [6.07, 6.45) is 0.678. The maximum Gasteiger partial charge on any atom is 0.327 e. The van der Waals surface area contributed by atoms with Crippen molar-refractivity contribution in [2.24, 2.45) is 23.5 Å². The molecule has 0 rings (SSSR count). The Morgan fingerprint density at radius 3 is 1.43 bits per heavy atom. The molecule has 174 valence electrons. The highest BCUT2D eigenvalue weighted by molar-refractivity contribution is 7.80. The number of nitrogens with two attached hydrogens (primary N) is 1. The molecule has 0 fully saturated rings. The first-order valence-electron chi connectivity index (χ1n) is 10.3. The third-order valence-electron chi connectivity index (χ3n) is 4.50. The molecule has 3 amide bonds. The van der Waals surface area contributed by atoms with Crippen LogP contribution in [0.15, 0.2) is 0 Å². The summed E-state index contributed by atoms with van der Waals surface area (Å²) in [5.41, 5.74) is 5.88. The van der Waals surface area contributed by atoms with Gasteiger partial charge in [-0.25, -0.2) is 4.79 Å². The number of carboxylic acid groups (broad SMARTS) is 1. The van der Waals surface area contributed by atoms with E-state index in [0.29, 0.717) is 12.8 Å². The van der Waals surface area contributed by atoms with Crippen LogP contribution in [0.3, 0.4) is 0 Å². The molecule has 0 aliphatic rings. The van der Waals surface area contributed by atoms with Gasteiger partial charge >= 0.3 is 5.97 Å². The predicted octanol–water partition coefficient (Wildman–Crippen LogP) is 0.531. The minimum atomic E-state index is -1.21. The molecule has 30 heavy (non-hydrogen) atoms. The Hall–Kier alpha value is -1.81. The van der Waals surface area contributed by atoms with Crippen molar-refractivity contribution in [1.82, 2.24) is 16.0 Å². The maximum absolute atomic E-state index is 12.9. The van der Waals surface area contributed by atoms with Crippen LogP contribution in [0, 0.1) is 17.8 Å². The molecular formula is C20H38N4O5S. The lowest BCUT2D eigenvalue weighted by atomic mass is 9.99. The zero-order chi connectivity index (χ0) is 23.6. The van der Waals surface area contributed by atoms with Crippen LogP contribution < -0.4 is 21.7 Å². The molecule has 0 aromatic heterocycles. The van der Waals surface area contributed by atoms with Crippen LogP contribution in [0.4, 0.5) is 0 Å². The molecule has 0 aromatic rings. The van der Waals surface area contributed by atoms with Gasteiger partial charge in [0.1, 0.15) is 18.1 Å². The highest BCUT2D eigenvalue weighted by Crippen LogP contribution is 2.10. The molecule has 0 bridgehead atoms. The van der Waals surface area contributed by atoms with Crippen molar-refractivity contribution in [2.45, 2.75) is 78.6 Å². The van der Waals surface area contributed by atoms with Gasteiger partial charge in [0.15, 0.2) is 0 Å². The van der Waals surface area contributed by atoms with E-state index in [-0.39, 0.29) is 23.5 Å². The number of hydrogen-bond donors (Lipinski definition) is 6. The van der Waals surface area contributed by atoms with Gasteiger partial charge in [-0.15, -0.1) is 0 Å². The number of aliphatic carboxylic acids is 1. The van der Waals surface area contributed by atoms with Gasteiger partial charge in [-0.05, 0) is 30.6 Å². The van der Waals surface area contributed by atoms with E-state index in [9.17, 15) is 19.2 Å². The Morgan fingerprint density at radius 2 is 1.13 bits per heavy atom. The van der Waals surface area contributed by atoms with E-state index in [1.54, 1.807) is 0 Å². The van der Waals surface area contributed by atoms with Crippen molar-refractivity contribution in [3.05, 3.63) is 0 Å². The normalized spacial score (nSPS) is 15.4. The van der Waals surface area contributed by atoms with Crippen LogP contribution in [0.2, 0.25) is 0 Å². The van der Waals surface area contributed by atoms with E-state index in [1.165, 1.54) is 0 Å². The molecule has 10 heteroatoms. The lowest BCUT2D eigenvalue weighted by Crippen LogP contribution is -2.58. The fourth-order valence-corrected chi connectivity index (χ4v) is 2.95. The summed E-state index contributed by atoms with van der Waals surface area (Å²) in [5.74, 6) is -2.76. The Kier molecular flexibility index (Phi) is 12.7. The largest absolute Gasteiger partial charge is 0.480 e. The molecular weight excluding hydrogens is 408 g/mol. The molecule has 6 N–H and O–H groups in total. The molecule has 0 aliphatic carbocycles. The second-order valence-electron chi connectivity index (χ2n) is 8.73. The Labute approximate surface area is 184 Å². The van der Waals surface area contributed by atoms with Gasteiger partial charge < -0.3 is 26.8 Å². The fourth-order valence-electron chi connectivity index (χ4n) is 2.71. The quantitative estimate of drug-likeness (QED) is 0.227. The lowest BCUT2D eigenvalue weighted by molar-refractivity contribution is -0.141. The van der Waals surface area contributed by atoms with Crippen molar-refractivity contribution < 1.29 is 24.3 Å². The standard InChI is InChI=1S/C20H38N4O5S/c1-10(2)7-13(18(26)24-15(9-30)20(28)29)22-17(25)14(8-11(3)4)23-19(27)16(21)12(5)6/h10-16,30H,7-9,21H2,1-6H3,(H,22,25)(H,23,27)(H,24,26)(H,28,29). The first kappa shape index (κ1) is 28.2. The van der Waals surface area contributed by atoms with Crippen LogP contribution in [0.5, 0.6) is 0 Å². The highest BCUT2D eigenvalue weighted by Gasteiger charge is 2.31. The lowest BCUT2D eigenvalue weighted by Gasteiger charge is -2.27. The molecule has 9 nitrogen and oxygen atoms in total. The minimum absolute atomic E-state index is 0.0628. The summed E-state index contributed by atoms with van der Waals surface area (Å²) < 4.78 is 0. The average molecular weight is 447 g/mol. The van der Waals surface area contributed by atoms with E-state index in [4.69, 9.17) is 10.8 Å². The third kappa shape index (κ3) is 10.3. The van der Waals surface area contributed by atoms with Crippen molar-refractivity contribution in [3.8, 4) is 0 Å². The fraction of sp³-hybridized carbons (Fsp3) is 0.800. The number of carbonyl (C=O) groups is 4. The Morgan fingerprint density at radius 1 is 0.767 bits per heavy atom. The topological polar surface area (TPSA) is 151 Å². The van der Waals surface area contributed by atoms with Gasteiger partial charge in [-0.3, -0.25) is 14.4 Å². The molecule has 0 radical (unpaired) electrons. The SMILES string of the molecule is CC(C)CC(NC(=O)C(CC(C)C)NC(=O)C(N)C(C)C)C(=O)NC(CS)C(=O)O. The zero-order valence-electron chi connectivity index (χ0n) is 18.8. The molecule has 0 heterocycles. The predicted molar refractivity (Wildman–Crippen MR) is 119 cm³/mol. The Bertz CT molecular complexity index is 598. The van der Waals surface area contributed by atoms with Gasteiger partial charge in [-0.1, -0.05) is 41.5 Å². The van der Waals surface area contributed by atoms with Crippen LogP contribution in [0.1, 0.15) is 54.4 Å². The summed E-state index contributed by atoms with van der Waals surface area (Å²) in [6, 6.07) is -3.72. The first-order valence-corrected chi connectivity index (χ1v) is 10.9. The van der Waals surface area contributed by atoms with E-state index in [1.807, 2.05) is 41.5 Å². The molecule has 0 aliphatic heterocycles. The molecule has 0 aromatic carbocycles. The smallest absolute Gasteiger partial charge is 0.327 e. The van der Waals surface area contributed by atoms with Crippen LogP contribution >= 0.6 is 12.6 Å². The van der Waals surface area contributed by atoms with Crippen LogP contribution in [-0.4, -0.2) is 58.7 Å². The first-order chi connectivity index (χ1) is 13.8. The van der Waals surface area contributed by atoms with Crippen molar-refractivity contribution in [3.63, 3.8) is 0 Å². The van der Waals surface area contributed by atoms with Gasteiger partial charge in [0.25, 0.3) is 0 Å². The number of thiol groups is 1. The number of amides is 3. The van der Waals surface area contributed by atoms with Gasteiger partial charge in [-0.2, -0.15) is 12.6 Å². The summed E-state index contributed by atoms with van der Waals surface area (Å²) in [6.45, 7) is 11.2. The van der Waals surface area contributed by atoms with Crippen LogP contribution in [0.25, 0.3) is 0 Å². The van der Waals surface area contributed by atoms with Gasteiger partial charge in [0.05, 0.1) is 6.04 Å². The molecule has 4 atom stereocenters. The zero-order valence-corrected chi connectivity index (χ0v) is 19.7. The van der Waals surface area contributed by atoms with Crippen molar-refractivity contribution in [2.75, 3.05) is 5.75 Å². The number of carbonyl (C=O) groups excluding carboxylic acids is 3. The van der Waals surface area contributed by atoms with E-state index >= 15 is 0 Å². The average Bonchev–Trinajstić information content (AvgIpc) is 2.62. The van der Waals surface area contributed by atoms with Crippen molar-refractivity contribution in [1.29, 1.82) is 0 Å². The third-order valence-corrected chi connectivity index (χ3v) is 4.86. The molecule has 0 saturated carbocycles. The second-order valence-corrected chi connectivity index (χ2v) is 9.10. The van der Waals surface area contributed by atoms with E-state index in [0.717, 1.165) is 0 Å². The highest BCUT2D eigenvalue weighted by atomic mass is 32.1. The Balaban J connectivity index is 5.43.